The van der Waals surface area contributed by atoms with Gasteiger partial charge in [-0.15, -0.1) is 0 Å². The van der Waals surface area contributed by atoms with E-state index >= 15 is 0 Å². The van der Waals surface area contributed by atoms with Gasteiger partial charge in [0.05, 0.1) is 5.75 Å². The molecule has 1 amide bonds. The highest BCUT2D eigenvalue weighted by Crippen LogP contribution is 2.03. The molecule has 0 spiro atoms. The van der Waals surface area contributed by atoms with Gasteiger partial charge in [0.15, 0.2) is 0 Å². The molecule has 0 aliphatic carbocycles. The van der Waals surface area contributed by atoms with Crippen LogP contribution >= 0.6 is 11.8 Å². The minimum absolute atomic E-state index is 0.231. The Labute approximate surface area is 116 Å². The van der Waals surface area contributed by atoms with Gasteiger partial charge in [0.1, 0.15) is 0 Å². The van der Waals surface area contributed by atoms with E-state index in [0.29, 0.717) is 5.75 Å². The fourth-order valence-electron chi connectivity index (χ4n) is 1.55. The van der Waals surface area contributed by atoms with Gasteiger partial charge >= 0.3 is 0 Å². The van der Waals surface area contributed by atoms with Crippen LogP contribution in [-0.4, -0.2) is 30.5 Å². The molecule has 4 heteroatoms. The molecule has 3 nitrogen and oxygen atoms in total. The average Bonchev–Trinajstić information content (AvgIpc) is 2.34. The Kier molecular flexibility index (Phi) is 14.2. The van der Waals surface area contributed by atoms with E-state index in [1.54, 1.807) is 11.8 Å². The molecule has 0 saturated heterocycles. The van der Waals surface area contributed by atoms with Gasteiger partial charge in [-0.3, -0.25) is 4.79 Å². The highest BCUT2D eigenvalue weighted by Gasteiger charge is 1.93. The number of nitrogens with one attached hydrogen (secondary N) is 1. The number of hydrogen-bond donors (Lipinski definition) is 2. The van der Waals surface area contributed by atoms with Gasteiger partial charge in [-0.1, -0.05) is 38.3 Å². The SMILES string of the molecule is CCCCCC/C=C/CCNCCSCC(N)=O. The lowest BCUT2D eigenvalue weighted by molar-refractivity contribution is -0.115. The van der Waals surface area contributed by atoms with Gasteiger partial charge in [0.2, 0.25) is 5.91 Å². The smallest absolute Gasteiger partial charge is 0.227 e. The monoisotopic (exact) mass is 272 g/mol. The van der Waals surface area contributed by atoms with Gasteiger partial charge < -0.3 is 11.1 Å². The molecular formula is C14H28N2OS. The molecule has 0 aliphatic rings. The van der Waals surface area contributed by atoms with E-state index in [0.717, 1.165) is 25.3 Å². The van der Waals surface area contributed by atoms with E-state index in [9.17, 15) is 4.79 Å². The Morgan fingerprint density at radius 2 is 1.94 bits per heavy atom. The second-order valence-corrected chi connectivity index (χ2v) is 5.48. The van der Waals surface area contributed by atoms with Crippen LogP contribution in [-0.2, 0) is 4.79 Å². The number of unbranched alkanes of at least 4 members (excludes halogenated alkanes) is 4. The Morgan fingerprint density at radius 1 is 1.17 bits per heavy atom. The highest BCUT2D eigenvalue weighted by molar-refractivity contribution is 7.99. The van der Waals surface area contributed by atoms with Gasteiger partial charge in [0, 0.05) is 12.3 Å². The first kappa shape index (κ1) is 17.5. The molecule has 0 aliphatic heterocycles. The molecule has 106 valence electrons. The maximum atomic E-state index is 10.5. The fourth-order valence-corrected chi connectivity index (χ4v) is 2.19. The Balaban J connectivity index is 3.06. The highest BCUT2D eigenvalue weighted by atomic mass is 32.2. The molecule has 0 aromatic heterocycles. The third-order valence-corrected chi connectivity index (χ3v) is 3.53. The number of nitrogens with two attached hydrogens (primary N) is 1. The summed E-state index contributed by atoms with van der Waals surface area (Å²) < 4.78 is 0. The molecule has 18 heavy (non-hydrogen) atoms. The Bertz CT molecular complexity index is 220. The first-order valence-corrected chi connectivity index (χ1v) is 8.14. The summed E-state index contributed by atoms with van der Waals surface area (Å²) >= 11 is 1.59. The van der Waals surface area contributed by atoms with Crippen molar-refractivity contribution in [3.63, 3.8) is 0 Å². The number of hydrogen-bond acceptors (Lipinski definition) is 3. The number of rotatable bonds is 13. The molecule has 0 aromatic carbocycles. The van der Waals surface area contributed by atoms with Crippen molar-refractivity contribution in [3.8, 4) is 0 Å². The van der Waals surface area contributed by atoms with Gasteiger partial charge in [-0.2, -0.15) is 11.8 Å². The van der Waals surface area contributed by atoms with Gasteiger partial charge in [-0.05, 0) is 25.8 Å². The van der Waals surface area contributed by atoms with Crippen LogP contribution in [0.25, 0.3) is 0 Å². The maximum absolute atomic E-state index is 10.5. The Hall–Kier alpha value is -0.480. The summed E-state index contributed by atoms with van der Waals surface area (Å²) in [6.07, 6.45) is 12.2. The fraction of sp³-hybridized carbons (Fsp3) is 0.786. The third kappa shape index (κ3) is 15.5. The van der Waals surface area contributed by atoms with Crippen LogP contribution in [0.3, 0.4) is 0 Å². The van der Waals surface area contributed by atoms with Crippen molar-refractivity contribution in [1.29, 1.82) is 0 Å². The number of amides is 1. The molecule has 0 atom stereocenters. The number of allylic oxidation sites excluding steroid dienone is 1. The predicted octanol–water partition coefficient (Wildman–Crippen LogP) is 2.71. The molecule has 0 fully saturated rings. The van der Waals surface area contributed by atoms with E-state index in [2.05, 4.69) is 24.4 Å². The molecule has 0 saturated carbocycles. The first-order chi connectivity index (χ1) is 8.77. The molecule has 0 heterocycles. The number of carbonyl (C=O) groups excluding carboxylic acids is 1. The van der Waals surface area contributed by atoms with Gasteiger partial charge in [-0.25, -0.2) is 0 Å². The summed E-state index contributed by atoms with van der Waals surface area (Å²) in [7, 11) is 0. The van der Waals surface area contributed by atoms with E-state index in [4.69, 9.17) is 5.73 Å². The lowest BCUT2D eigenvalue weighted by Gasteiger charge is -2.01. The normalized spacial score (nSPS) is 11.2. The van der Waals surface area contributed by atoms with E-state index in [-0.39, 0.29) is 5.91 Å². The third-order valence-electron chi connectivity index (χ3n) is 2.55. The molecule has 3 N–H and O–H groups in total. The van der Waals surface area contributed by atoms with Crippen molar-refractivity contribution >= 4 is 17.7 Å². The minimum atomic E-state index is -0.231. The second-order valence-electron chi connectivity index (χ2n) is 4.38. The molecule has 0 aromatic rings. The minimum Gasteiger partial charge on any atom is -0.369 e. The van der Waals surface area contributed by atoms with Crippen molar-refractivity contribution < 1.29 is 4.79 Å². The van der Waals surface area contributed by atoms with Crippen molar-refractivity contribution in [2.75, 3.05) is 24.6 Å². The van der Waals surface area contributed by atoms with Crippen LogP contribution in [0, 0.1) is 0 Å². The van der Waals surface area contributed by atoms with E-state index in [1.165, 1.54) is 32.1 Å². The van der Waals surface area contributed by atoms with Crippen LogP contribution in [0.4, 0.5) is 0 Å². The second kappa shape index (κ2) is 14.6. The molecule has 0 unspecified atom stereocenters. The number of carbonyl (C=O) groups is 1. The maximum Gasteiger partial charge on any atom is 0.227 e. The van der Waals surface area contributed by atoms with E-state index in [1.807, 2.05) is 0 Å². The van der Waals surface area contributed by atoms with Crippen LogP contribution in [0.1, 0.15) is 45.4 Å². The molecule has 0 radical (unpaired) electrons. The standard InChI is InChI=1S/C14H28N2OS/c1-2-3-4-5-6-7-8-9-10-16-11-12-18-13-14(15)17/h7-8,16H,2-6,9-13H2,1H3,(H2,15,17)/b8-7+. The van der Waals surface area contributed by atoms with Crippen molar-refractivity contribution in [2.45, 2.75) is 45.4 Å². The van der Waals surface area contributed by atoms with Crippen LogP contribution in [0.15, 0.2) is 12.2 Å². The quantitative estimate of drug-likeness (QED) is 0.400. The summed E-state index contributed by atoms with van der Waals surface area (Å²) in [5.74, 6) is 1.15. The zero-order chi connectivity index (χ0) is 13.5. The van der Waals surface area contributed by atoms with Crippen LogP contribution in [0.5, 0.6) is 0 Å². The topological polar surface area (TPSA) is 55.1 Å². The summed E-state index contributed by atoms with van der Waals surface area (Å²) in [4.78, 5) is 10.5. The summed E-state index contributed by atoms with van der Waals surface area (Å²) in [5, 5.41) is 3.35. The van der Waals surface area contributed by atoms with Gasteiger partial charge in [0.25, 0.3) is 0 Å². The van der Waals surface area contributed by atoms with Crippen molar-refractivity contribution in [3.05, 3.63) is 12.2 Å². The zero-order valence-corrected chi connectivity index (χ0v) is 12.4. The summed E-state index contributed by atoms with van der Waals surface area (Å²) in [6.45, 7) is 4.20. The number of thioether (sulfide) groups is 1. The first-order valence-electron chi connectivity index (χ1n) is 6.99. The van der Waals surface area contributed by atoms with Crippen LogP contribution in [0.2, 0.25) is 0 Å². The average molecular weight is 272 g/mol. The van der Waals surface area contributed by atoms with Crippen molar-refractivity contribution in [1.82, 2.24) is 5.32 Å². The molecule has 0 rings (SSSR count). The summed E-state index contributed by atoms with van der Waals surface area (Å²) in [5.41, 5.74) is 5.04. The lowest BCUT2D eigenvalue weighted by atomic mass is 10.1. The van der Waals surface area contributed by atoms with E-state index < -0.39 is 0 Å². The molecular weight excluding hydrogens is 244 g/mol. The Morgan fingerprint density at radius 3 is 2.67 bits per heavy atom. The number of primary amides is 1. The summed E-state index contributed by atoms with van der Waals surface area (Å²) in [6, 6.07) is 0. The zero-order valence-electron chi connectivity index (χ0n) is 11.6. The van der Waals surface area contributed by atoms with Crippen molar-refractivity contribution in [2.24, 2.45) is 5.73 Å². The lowest BCUT2D eigenvalue weighted by Crippen LogP contribution is -2.20. The largest absolute Gasteiger partial charge is 0.369 e. The molecule has 0 bridgehead atoms. The van der Waals surface area contributed by atoms with Crippen LogP contribution < -0.4 is 11.1 Å². The predicted molar refractivity (Wildman–Crippen MR) is 81.9 cm³/mol.